The molecule has 0 bridgehead atoms. The zero-order valence-corrected chi connectivity index (χ0v) is 12.5. The van der Waals surface area contributed by atoms with Crippen LogP contribution < -0.4 is 11.1 Å². The highest BCUT2D eigenvalue weighted by Crippen LogP contribution is 2.19. The molecule has 1 fully saturated rings. The predicted molar refractivity (Wildman–Crippen MR) is 82.1 cm³/mol. The van der Waals surface area contributed by atoms with E-state index in [0.29, 0.717) is 12.1 Å². The van der Waals surface area contributed by atoms with Crippen LogP contribution in [0, 0.1) is 0 Å². The van der Waals surface area contributed by atoms with E-state index < -0.39 is 6.03 Å². The van der Waals surface area contributed by atoms with Crippen molar-refractivity contribution in [2.75, 3.05) is 13.1 Å². The van der Waals surface area contributed by atoms with Gasteiger partial charge in [0, 0.05) is 24.7 Å². The Kier molecular flexibility index (Phi) is 5.20. The molecular weight excluding hydrogens is 266 g/mol. The van der Waals surface area contributed by atoms with Crippen molar-refractivity contribution in [3.05, 3.63) is 35.4 Å². The van der Waals surface area contributed by atoms with Crippen LogP contribution in [0.1, 0.15) is 42.1 Å². The summed E-state index contributed by atoms with van der Waals surface area (Å²) in [7, 11) is 0. The third-order valence-electron chi connectivity index (χ3n) is 4.01. The lowest BCUT2D eigenvalue weighted by Crippen LogP contribution is -2.50. The Morgan fingerprint density at radius 2 is 2.00 bits per heavy atom. The molecule has 1 aromatic carbocycles. The Bertz CT molecular complexity index is 499. The molecule has 0 spiro atoms. The van der Waals surface area contributed by atoms with Gasteiger partial charge < -0.3 is 16.0 Å². The molecule has 1 aliphatic rings. The number of carbonyl (C=O) groups excluding carboxylic acids is 2. The van der Waals surface area contributed by atoms with Gasteiger partial charge in [0.15, 0.2) is 0 Å². The summed E-state index contributed by atoms with van der Waals surface area (Å²) in [6, 6.07) is 7.24. The largest absolute Gasteiger partial charge is 0.352 e. The quantitative estimate of drug-likeness (QED) is 0.888. The van der Waals surface area contributed by atoms with E-state index >= 15 is 0 Å². The van der Waals surface area contributed by atoms with Crippen molar-refractivity contribution in [3.63, 3.8) is 0 Å². The predicted octanol–water partition coefficient (Wildman–Crippen LogP) is 1.91. The van der Waals surface area contributed by atoms with Crippen LogP contribution in [0.15, 0.2) is 24.3 Å². The van der Waals surface area contributed by atoms with Gasteiger partial charge in [0.25, 0.3) is 5.91 Å². The molecular formula is C16H23N3O2. The molecule has 114 valence electrons. The summed E-state index contributed by atoms with van der Waals surface area (Å²) < 4.78 is 0. The molecule has 1 aromatic rings. The number of rotatable bonds is 4. The van der Waals surface area contributed by atoms with Crippen LogP contribution in [0.5, 0.6) is 0 Å². The second-order valence-corrected chi connectivity index (χ2v) is 5.44. The van der Waals surface area contributed by atoms with Gasteiger partial charge in [-0.2, -0.15) is 0 Å². The van der Waals surface area contributed by atoms with Gasteiger partial charge in [0.2, 0.25) is 0 Å². The van der Waals surface area contributed by atoms with Crippen LogP contribution >= 0.6 is 0 Å². The lowest BCUT2D eigenvalue weighted by Gasteiger charge is -2.35. The third-order valence-corrected chi connectivity index (χ3v) is 4.01. The fourth-order valence-corrected chi connectivity index (χ4v) is 2.75. The highest BCUT2D eigenvalue weighted by atomic mass is 16.2. The normalized spacial score (nSPS) is 18.3. The van der Waals surface area contributed by atoms with Gasteiger partial charge in [-0.1, -0.05) is 19.1 Å². The van der Waals surface area contributed by atoms with E-state index in [2.05, 4.69) is 12.2 Å². The molecule has 0 unspecified atom stereocenters. The Balaban J connectivity index is 2.08. The van der Waals surface area contributed by atoms with Gasteiger partial charge in [0.05, 0.1) is 0 Å². The standard InChI is InChI=1S/C16H23N3O2/c1-2-12-6-8-13(9-7-12)15(20)19-10-4-3-5-14(19)11-18-16(17)21/h6-9,14H,2-5,10-11H2,1H3,(H3,17,18,21)/t14-/m0/s1. The van der Waals surface area contributed by atoms with Crippen molar-refractivity contribution in [1.82, 2.24) is 10.2 Å². The molecule has 0 aromatic heterocycles. The second kappa shape index (κ2) is 7.11. The molecule has 3 amide bonds. The molecule has 1 aliphatic heterocycles. The minimum absolute atomic E-state index is 0.0320. The molecule has 21 heavy (non-hydrogen) atoms. The number of primary amides is 1. The van der Waals surface area contributed by atoms with E-state index in [1.807, 2.05) is 29.2 Å². The smallest absolute Gasteiger partial charge is 0.312 e. The summed E-state index contributed by atoms with van der Waals surface area (Å²) in [5, 5.41) is 2.61. The molecule has 1 heterocycles. The van der Waals surface area contributed by atoms with Crippen molar-refractivity contribution in [1.29, 1.82) is 0 Å². The number of amides is 3. The Morgan fingerprint density at radius 1 is 1.29 bits per heavy atom. The van der Waals surface area contributed by atoms with Crippen molar-refractivity contribution in [2.45, 2.75) is 38.6 Å². The molecule has 1 saturated heterocycles. The maximum absolute atomic E-state index is 12.6. The lowest BCUT2D eigenvalue weighted by molar-refractivity contribution is 0.0615. The first-order chi connectivity index (χ1) is 10.1. The third kappa shape index (κ3) is 3.97. The van der Waals surface area contributed by atoms with Crippen molar-refractivity contribution in [3.8, 4) is 0 Å². The number of hydrogen-bond acceptors (Lipinski definition) is 2. The maximum Gasteiger partial charge on any atom is 0.312 e. The summed E-state index contributed by atoms with van der Waals surface area (Å²) in [6.45, 7) is 3.25. The number of hydrogen-bond donors (Lipinski definition) is 2. The molecule has 5 nitrogen and oxygen atoms in total. The summed E-state index contributed by atoms with van der Waals surface area (Å²) in [5.41, 5.74) is 7.05. The molecule has 0 radical (unpaired) electrons. The average Bonchev–Trinajstić information content (AvgIpc) is 2.52. The molecule has 3 N–H and O–H groups in total. The first-order valence-corrected chi connectivity index (χ1v) is 7.55. The number of likely N-dealkylation sites (tertiary alicyclic amines) is 1. The van der Waals surface area contributed by atoms with Crippen LogP contribution in [0.2, 0.25) is 0 Å². The monoisotopic (exact) mass is 289 g/mol. The maximum atomic E-state index is 12.6. The average molecular weight is 289 g/mol. The van der Waals surface area contributed by atoms with Crippen LogP contribution in [-0.4, -0.2) is 36.0 Å². The van der Waals surface area contributed by atoms with E-state index in [1.165, 1.54) is 5.56 Å². The van der Waals surface area contributed by atoms with Gasteiger partial charge >= 0.3 is 6.03 Å². The molecule has 5 heteroatoms. The number of urea groups is 1. The minimum atomic E-state index is -0.541. The van der Waals surface area contributed by atoms with Gasteiger partial charge in [-0.3, -0.25) is 4.79 Å². The van der Waals surface area contributed by atoms with Gasteiger partial charge in [-0.25, -0.2) is 4.79 Å². The summed E-state index contributed by atoms with van der Waals surface area (Å²) in [6.07, 6.45) is 3.94. The summed E-state index contributed by atoms with van der Waals surface area (Å²) >= 11 is 0. The van der Waals surface area contributed by atoms with Crippen LogP contribution in [0.3, 0.4) is 0 Å². The van der Waals surface area contributed by atoms with Crippen molar-refractivity contribution < 1.29 is 9.59 Å². The first kappa shape index (κ1) is 15.4. The number of nitrogens with zero attached hydrogens (tertiary/aromatic N) is 1. The Hall–Kier alpha value is -2.04. The number of aryl methyl sites for hydroxylation is 1. The number of nitrogens with two attached hydrogens (primary N) is 1. The molecule has 2 rings (SSSR count). The van der Waals surface area contributed by atoms with E-state index in [0.717, 1.165) is 32.2 Å². The van der Waals surface area contributed by atoms with Crippen LogP contribution in [-0.2, 0) is 6.42 Å². The topological polar surface area (TPSA) is 75.4 Å². The lowest BCUT2D eigenvalue weighted by atomic mass is 10.00. The highest BCUT2D eigenvalue weighted by molar-refractivity contribution is 5.94. The fourth-order valence-electron chi connectivity index (χ4n) is 2.75. The Labute approximate surface area is 125 Å². The number of benzene rings is 1. The number of carbonyl (C=O) groups is 2. The van der Waals surface area contributed by atoms with Crippen molar-refractivity contribution in [2.24, 2.45) is 5.73 Å². The minimum Gasteiger partial charge on any atom is -0.352 e. The molecule has 0 saturated carbocycles. The summed E-state index contributed by atoms with van der Waals surface area (Å²) in [5.74, 6) is 0.0358. The highest BCUT2D eigenvalue weighted by Gasteiger charge is 2.27. The van der Waals surface area contributed by atoms with E-state index in [1.54, 1.807) is 0 Å². The van der Waals surface area contributed by atoms with E-state index in [-0.39, 0.29) is 11.9 Å². The Morgan fingerprint density at radius 3 is 2.62 bits per heavy atom. The van der Waals surface area contributed by atoms with Crippen LogP contribution in [0.25, 0.3) is 0 Å². The van der Waals surface area contributed by atoms with Gasteiger partial charge in [0.1, 0.15) is 0 Å². The molecule has 1 atom stereocenters. The van der Waals surface area contributed by atoms with Crippen LogP contribution in [0.4, 0.5) is 4.79 Å². The van der Waals surface area contributed by atoms with Gasteiger partial charge in [-0.05, 0) is 43.4 Å². The number of piperidine rings is 1. The fraction of sp³-hybridized carbons (Fsp3) is 0.500. The molecule has 0 aliphatic carbocycles. The first-order valence-electron chi connectivity index (χ1n) is 7.55. The van der Waals surface area contributed by atoms with E-state index in [4.69, 9.17) is 5.73 Å². The zero-order chi connectivity index (χ0) is 15.2. The second-order valence-electron chi connectivity index (χ2n) is 5.44. The van der Waals surface area contributed by atoms with Gasteiger partial charge in [-0.15, -0.1) is 0 Å². The van der Waals surface area contributed by atoms with E-state index in [9.17, 15) is 9.59 Å². The van der Waals surface area contributed by atoms with Crippen molar-refractivity contribution >= 4 is 11.9 Å². The zero-order valence-electron chi connectivity index (χ0n) is 12.5. The SMILES string of the molecule is CCc1ccc(C(=O)N2CCCC[C@H]2CNC(N)=O)cc1. The number of nitrogens with one attached hydrogen (secondary N) is 1. The summed E-state index contributed by atoms with van der Waals surface area (Å²) in [4.78, 5) is 25.4.